The number of hydrogen-bond acceptors (Lipinski definition) is 3. The van der Waals surface area contributed by atoms with E-state index in [1.807, 2.05) is 19.9 Å². The van der Waals surface area contributed by atoms with E-state index in [0.29, 0.717) is 5.82 Å². The highest BCUT2D eigenvalue weighted by atomic mass is 14.8. The largest absolute Gasteiger partial charge is 0.384 e. The second-order valence-corrected chi connectivity index (χ2v) is 2.70. The van der Waals surface area contributed by atoms with Crippen LogP contribution in [-0.2, 0) is 0 Å². The molecule has 0 aromatic carbocycles. The van der Waals surface area contributed by atoms with Gasteiger partial charge in [0.25, 0.3) is 0 Å². The topological polar surface area (TPSA) is 64.9 Å². The fraction of sp³-hybridized carbons (Fsp3) is 0.375. The normalized spacial score (nSPS) is 13.0. The van der Waals surface area contributed by atoms with Gasteiger partial charge in [-0.05, 0) is 25.5 Å². The van der Waals surface area contributed by atoms with Crippen LogP contribution in [0.1, 0.15) is 24.2 Å². The lowest BCUT2D eigenvalue weighted by Crippen LogP contribution is -2.08. The van der Waals surface area contributed by atoms with Crippen LogP contribution in [0.5, 0.6) is 0 Å². The van der Waals surface area contributed by atoms with Gasteiger partial charge in [-0.1, -0.05) is 6.07 Å². The van der Waals surface area contributed by atoms with Crippen molar-refractivity contribution >= 4 is 5.82 Å². The van der Waals surface area contributed by atoms with E-state index in [1.165, 1.54) is 0 Å². The van der Waals surface area contributed by atoms with Gasteiger partial charge in [0.15, 0.2) is 0 Å². The van der Waals surface area contributed by atoms with Gasteiger partial charge in [0.2, 0.25) is 0 Å². The molecule has 1 atom stereocenters. The molecule has 1 heterocycles. The minimum atomic E-state index is 0.0306. The number of rotatable bonds is 1. The monoisotopic (exact) mass is 151 g/mol. The van der Waals surface area contributed by atoms with Crippen LogP contribution < -0.4 is 11.5 Å². The number of nitrogens with two attached hydrogens (primary N) is 2. The molecule has 0 fully saturated rings. The number of aromatic nitrogens is 1. The summed E-state index contributed by atoms with van der Waals surface area (Å²) in [6.45, 7) is 3.84. The summed E-state index contributed by atoms with van der Waals surface area (Å²) in [5.74, 6) is 0.548. The number of pyridine rings is 1. The van der Waals surface area contributed by atoms with Crippen molar-refractivity contribution in [3.8, 4) is 0 Å². The van der Waals surface area contributed by atoms with Gasteiger partial charge in [0.05, 0.1) is 0 Å². The van der Waals surface area contributed by atoms with Crippen molar-refractivity contribution in [2.75, 3.05) is 5.73 Å². The molecule has 0 aliphatic heterocycles. The van der Waals surface area contributed by atoms with Gasteiger partial charge >= 0.3 is 0 Å². The number of hydrogen-bond donors (Lipinski definition) is 2. The summed E-state index contributed by atoms with van der Waals surface area (Å²) in [5, 5.41) is 0. The molecule has 11 heavy (non-hydrogen) atoms. The summed E-state index contributed by atoms with van der Waals surface area (Å²) in [6.07, 6.45) is 0. The van der Waals surface area contributed by atoms with Crippen LogP contribution in [0.15, 0.2) is 12.1 Å². The molecule has 1 unspecified atom stereocenters. The first kappa shape index (κ1) is 8.01. The Balaban J connectivity index is 3.09. The highest BCUT2D eigenvalue weighted by Crippen LogP contribution is 2.13. The third kappa shape index (κ3) is 1.68. The molecule has 3 heteroatoms. The van der Waals surface area contributed by atoms with Crippen LogP contribution in [0.25, 0.3) is 0 Å². The zero-order valence-corrected chi connectivity index (χ0v) is 6.83. The lowest BCUT2D eigenvalue weighted by molar-refractivity contribution is 0.800. The number of nitrogen functional groups attached to an aromatic ring is 1. The Morgan fingerprint density at radius 3 is 2.55 bits per heavy atom. The molecule has 1 aromatic heterocycles. The molecule has 0 radical (unpaired) electrons. The Kier molecular flexibility index (Phi) is 2.10. The van der Waals surface area contributed by atoms with Crippen LogP contribution in [0, 0.1) is 6.92 Å². The van der Waals surface area contributed by atoms with E-state index in [4.69, 9.17) is 11.5 Å². The average Bonchev–Trinajstić information content (AvgIpc) is 1.85. The lowest BCUT2D eigenvalue weighted by Gasteiger charge is -2.08. The van der Waals surface area contributed by atoms with Crippen molar-refractivity contribution in [3.05, 3.63) is 23.4 Å². The SMILES string of the molecule is Cc1nc(N)ccc1C(C)N. The highest BCUT2D eigenvalue weighted by Gasteiger charge is 2.03. The summed E-state index contributed by atoms with van der Waals surface area (Å²) >= 11 is 0. The molecular formula is C8H13N3. The molecule has 1 aromatic rings. The first-order chi connectivity index (χ1) is 5.11. The maximum atomic E-state index is 5.68. The number of nitrogens with zero attached hydrogens (tertiary/aromatic N) is 1. The Morgan fingerprint density at radius 2 is 2.09 bits per heavy atom. The van der Waals surface area contributed by atoms with Crippen LogP contribution >= 0.6 is 0 Å². The average molecular weight is 151 g/mol. The molecule has 60 valence electrons. The van der Waals surface area contributed by atoms with Gasteiger partial charge in [-0.15, -0.1) is 0 Å². The maximum Gasteiger partial charge on any atom is 0.123 e. The molecular weight excluding hydrogens is 138 g/mol. The molecule has 1 rings (SSSR count). The molecule has 0 saturated heterocycles. The Bertz CT molecular complexity index is 256. The van der Waals surface area contributed by atoms with Crippen LogP contribution in [-0.4, -0.2) is 4.98 Å². The molecule has 4 N–H and O–H groups in total. The molecule has 0 amide bonds. The quantitative estimate of drug-likeness (QED) is 0.629. The highest BCUT2D eigenvalue weighted by molar-refractivity contribution is 5.34. The third-order valence-electron chi connectivity index (χ3n) is 1.64. The Morgan fingerprint density at radius 1 is 1.45 bits per heavy atom. The maximum absolute atomic E-state index is 5.68. The summed E-state index contributed by atoms with van der Waals surface area (Å²) in [6, 6.07) is 3.72. The Labute approximate surface area is 66.4 Å². The van der Waals surface area contributed by atoms with Crippen molar-refractivity contribution < 1.29 is 0 Å². The van der Waals surface area contributed by atoms with E-state index in [9.17, 15) is 0 Å². The zero-order valence-electron chi connectivity index (χ0n) is 6.83. The van der Waals surface area contributed by atoms with Gasteiger partial charge in [-0.2, -0.15) is 0 Å². The second kappa shape index (κ2) is 2.88. The molecule has 3 nitrogen and oxygen atoms in total. The minimum Gasteiger partial charge on any atom is -0.384 e. The summed E-state index contributed by atoms with van der Waals surface area (Å²) in [4.78, 5) is 4.09. The number of anilines is 1. The van der Waals surface area contributed by atoms with Crippen LogP contribution in [0.2, 0.25) is 0 Å². The second-order valence-electron chi connectivity index (χ2n) is 2.70. The predicted molar refractivity (Wildman–Crippen MR) is 46.0 cm³/mol. The van der Waals surface area contributed by atoms with E-state index in [0.717, 1.165) is 11.3 Å². The van der Waals surface area contributed by atoms with Gasteiger partial charge in [0.1, 0.15) is 5.82 Å². The van der Waals surface area contributed by atoms with Crippen molar-refractivity contribution in [2.24, 2.45) is 5.73 Å². The standard InChI is InChI=1S/C8H13N3/c1-5(9)7-3-4-8(10)11-6(7)2/h3-5H,9H2,1-2H3,(H2,10,11). The summed E-state index contributed by atoms with van der Waals surface area (Å²) in [5.41, 5.74) is 13.1. The van der Waals surface area contributed by atoms with Crippen molar-refractivity contribution in [2.45, 2.75) is 19.9 Å². The number of aryl methyl sites for hydroxylation is 1. The van der Waals surface area contributed by atoms with Gasteiger partial charge < -0.3 is 11.5 Å². The van der Waals surface area contributed by atoms with E-state index < -0.39 is 0 Å². The van der Waals surface area contributed by atoms with Crippen molar-refractivity contribution in [3.63, 3.8) is 0 Å². The van der Waals surface area contributed by atoms with E-state index in [1.54, 1.807) is 6.07 Å². The summed E-state index contributed by atoms with van der Waals surface area (Å²) < 4.78 is 0. The first-order valence-electron chi connectivity index (χ1n) is 3.60. The molecule has 0 aliphatic carbocycles. The molecule has 0 saturated carbocycles. The smallest absolute Gasteiger partial charge is 0.123 e. The van der Waals surface area contributed by atoms with Crippen molar-refractivity contribution in [1.29, 1.82) is 0 Å². The van der Waals surface area contributed by atoms with Gasteiger partial charge in [-0.3, -0.25) is 0 Å². The first-order valence-corrected chi connectivity index (χ1v) is 3.60. The lowest BCUT2D eigenvalue weighted by atomic mass is 10.1. The van der Waals surface area contributed by atoms with Crippen LogP contribution in [0.4, 0.5) is 5.82 Å². The fourth-order valence-electron chi connectivity index (χ4n) is 1.07. The third-order valence-corrected chi connectivity index (χ3v) is 1.64. The van der Waals surface area contributed by atoms with E-state index in [2.05, 4.69) is 4.98 Å². The predicted octanol–water partition coefficient (Wildman–Crippen LogP) is 0.992. The van der Waals surface area contributed by atoms with Gasteiger partial charge in [0, 0.05) is 11.7 Å². The zero-order chi connectivity index (χ0) is 8.43. The summed E-state index contributed by atoms with van der Waals surface area (Å²) in [7, 11) is 0. The van der Waals surface area contributed by atoms with E-state index >= 15 is 0 Å². The molecule has 0 aliphatic rings. The Hall–Kier alpha value is -1.09. The van der Waals surface area contributed by atoms with Gasteiger partial charge in [-0.25, -0.2) is 4.98 Å². The molecule has 0 bridgehead atoms. The molecule has 0 spiro atoms. The van der Waals surface area contributed by atoms with E-state index in [-0.39, 0.29) is 6.04 Å². The minimum absolute atomic E-state index is 0.0306. The van der Waals surface area contributed by atoms with Crippen molar-refractivity contribution in [1.82, 2.24) is 4.98 Å². The fourth-order valence-corrected chi connectivity index (χ4v) is 1.07. The van der Waals surface area contributed by atoms with Crippen LogP contribution in [0.3, 0.4) is 0 Å².